The molecule has 0 aromatic carbocycles. The largest absolute Gasteiger partial charge is 0.478 e. The molecule has 1 aromatic heterocycles. The molecule has 5 heteroatoms. The first-order valence-electron chi connectivity index (χ1n) is 5.82. The van der Waals surface area contributed by atoms with Crippen LogP contribution in [-0.2, 0) is 0 Å². The zero-order valence-electron chi connectivity index (χ0n) is 9.45. The van der Waals surface area contributed by atoms with Crippen LogP contribution in [0.25, 0.3) is 0 Å². The van der Waals surface area contributed by atoms with E-state index in [-0.39, 0.29) is 17.4 Å². The van der Waals surface area contributed by atoms with Gasteiger partial charge in [-0.25, -0.2) is 14.2 Å². The fourth-order valence-corrected chi connectivity index (χ4v) is 2.16. The molecule has 0 amide bonds. The molecule has 1 heterocycles. The molecule has 1 aliphatic carbocycles. The van der Waals surface area contributed by atoms with Crippen molar-refractivity contribution in [3.63, 3.8) is 0 Å². The summed E-state index contributed by atoms with van der Waals surface area (Å²) in [5, 5.41) is 12.1. The summed E-state index contributed by atoms with van der Waals surface area (Å²) in [4.78, 5) is 14.8. The molecule has 1 fully saturated rings. The van der Waals surface area contributed by atoms with E-state index >= 15 is 0 Å². The number of aromatic carboxylic acids is 1. The second-order valence-corrected chi connectivity index (χ2v) is 4.33. The molecule has 2 rings (SSSR count). The first kappa shape index (κ1) is 11.8. The van der Waals surface area contributed by atoms with Crippen molar-refractivity contribution in [3.05, 3.63) is 23.6 Å². The molecule has 0 spiro atoms. The molecular weight excluding hydrogens is 223 g/mol. The number of hydrogen-bond acceptors (Lipinski definition) is 3. The summed E-state index contributed by atoms with van der Waals surface area (Å²) >= 11 is 0. The highest BCUT2D eigenvalue weighted by molar-refractivity contribution is 5.93. The maximum absolute atomic E-state index is 12.9. The summed E-state index contributed by atoms with van der Waals surface area (Å²) in [6.07, 6.45) is 6.57. The number of pyridine rings is 1. The summed E-state index contributed by atoms with van der Waals surface area (Å²) < 4.78 is 12.9. The Morgan fingerprint density at radius 2 is 2.12 bits per heavy atom. The quantitative estimate of drug-likeness (QED) is 0.849. The minimum Gasteiger partial charge on any atom is -0.478 e. The second-order valence-electron chi connectivity index (χ2n) is 4.33. The molecule has 1 saturated carbocycles. The molecule has 92 valence electrons. The fraction of sp³-hybridized carbons (Fsp3) is 0.500. The van der Waals surface area contributed by atoms with E-state index in [0.29, 0.717) is 0 Å². The molecule has 1 aromatic rings. The van der Waals surface area contributed by atoms with Crippen molar-refractivity contribution in [2.45, 2.75) is 38.1 Å². The average Bonchev–Trinajstić information content (AvgIpc) is 2.32. The van der Waals surface area contributed by atoms with Gasteiger partial charge in [0.1, 0.15) is 17.2 Å². The molecule has 0 bridgehead atoms. The summed E-state index contributed by atoms with van der Waals surface area (Å²) in [6, 6.07) is 1.25. The van der Waals surface area contributed by atoms with E-state index in [1.54, 1.807) is 0 Å². The Morgan fingerprint density at radius 3 is 2.76 bits per heavy atom. The minimum atomic E-state index is -1.16. The van der Waals surface area contributed by atoms with Crippen LogP contribution in [0.15, 0.2) is 12.3 Å². The van der Waals surface area contributed by atoms with Gasteiger partial charge in [-0.2, -0.15) is 0 Å². The van der Waals surface area contributed by atoms with Crippen molar-refractivity contribution in [1.29, 1.82) is 0 Å². The fourth-order valence-electron chi connectivity index (χ4n) is 2.16. The standard InChI is InChI=1S/C12H15FN2O2/c13-8-6-10(12(16)17)11(14-7-8)15-9-4-2-1-3-5-9/h6-7,9H,1-5H2,(H,14,15)(H,16,17). The number of anilines is 1. The average molecular weight is 238 g/mol. The third kappa shape index (κ3) is 2.93. The van der Waals surface area contributed by atoms with Gasteiger partial charge in [0.25, 0.3) is 0 Å². The number of halogens is 1. The van der Waals surface area contributed by atoms with Gasteiger partial charge < -0.3 is 10.4 Å². The second kappa shape index (κ2) is 5.12. The van der Waals surface area contributed by atoms with Crippen LogP contribution in [0, 0.1) is 5.82 Å². The molecule has 0 radical (unpaired) electrons. The van der Waals surface area contributed by atoms with Gasteiger partial charge in [0.15, 0.2) is 0 Å². The zero-order chi connectivity index (χ0) is 12.3. The van der Waals surface area contributed by atoms with Gasteiger partial charge in [-0.1, -0.05) is 19.3 Å². The van der Waals surface area contributed by atoms with Crippen LogP contribution in [-0.4, -0.2) is 22.1 Å². The zero-order valence-corrected chi connectivity index (χ0v) is 9.45. The predicted octanol–water partition coefficient (Wildman–Crippen LogP) is 2.66. The molecule has 0 saturated heterocycles. The van der Waals surface area contributed by atoms with E-state index in [1.807, 2.05) is 0 Å². The Labute approximate surface area is 98.9 Å². The Bertz CT molecular complexity index is 417. The van der Waals surface area contributed by atoms with Crippen LogP contribution in [0.1, 0.15) is 42.5 Å². The Hall–Kier alpha value is -1.65. The molecule has 4 nitrogen and oxygen atoms in total. The highest BCUT2D eigenvalue weighted by Gasteiger charge is 2.18. The number of hydrogen-bond donors (Lipinski definition) is 2. The van der Waals surface area contributed by atoms with Crippen molar-refractivity contribution < 1.29 is 14.3 Å². The number of nitrogens with zero attached hydrogens (tertiary/aromatic N) is 1. The van der Waals surface area contributed by atoms with Crippen molar-refractivity contribution in [1.82, 2.24) is 4.98 Å². The number of rotatable bonds is 3. The van der Waals surface area contributed by atoms with E-state index in [9.17, 15) is 9.18 Å². The van der Waals surface area contributed by atoms with Crippen LogP contribution >= 0.6 is 0 Å². The number of carboxylic acids is 1. The van der Waals surface area contributed by atoms with Crippen molar-refractivity contribution in [2.24, 2.45) is 0 Å². The molecule has 17 heavy (non-hydrogen) atoms. The van der Waals surface area contributed by atoms with Gasteiger partial charge >= 0.3 is 5.97 Å². The van der Waals surface area contributed by atoms with Gasteiger partial charge in [0, 0.05) is 6.04 Å². The Morgan fingerprint density at radius 1 is 1.41 bits per heavy atom. The van der Waals surface area contributed by atoms with Gasteiger partial charge in [-0.05, 0) is 18.9 Å². The van der Waals surface area contributed by atoms with Gasteiger partial charge in [-0.15, -0.1) is 0 Å². The number of carbonyl (C=O) groups is 1. The third-order valence-electron chi connectivity index (χ3n) is 3.03. The van der Waals surface area contributed by atoms with Crippen LogP contribution in [0.2, 0.25) is 0 Å². The first-order chi connectivity index (χ1) is 8.16. The Balaban J connectivity index is 2.16. The lowest BCUT2D eigenvalue weighted by Gasteiger charge is -2.23. The van der Waals surface area contributed by atoms with E-state index in [2.05, 4.69) is 10.3 Å². The lowest BCUT2D eigenvalue weighted by atomic mass is 9.95. The predicted molar refractivity (Wildman–Crippen MR) is 61.7 cm³/mol. The Kier molecular flexibility index (Phi) is 3.56. The highest BCUT2D eigenvalue weighted by Crippen LogP contribution is 2.22. The SMILES string of the molecule is O=C(O)c1cc(F)cnc1NC1CCCCC1. The van der Waals surface area contributed by atoms with E-state index in [1.165, 1.54) is 6.42 Å². The van der Waals surface area contributed by atoms with Gasteiger partial charge in [0.2, 0.25) is 0 Å². The van der Waals surface area contributed by atoms with Crippen molar-refractivity contribution >= 4 is 11.8 Å². The lowest BCUT2D eigenvalue weighted by molar-refractivity contribution is 0.0697. The van der Waals surface area contributed by atoms with Gasteiger partial charge in [-0.3, -0.25) is 0 Å². The van der Waals surface area contributed by atoms with Crippen molar-refractivity contribution in [2.75, 3.05) is 5.32 Å². The molecular formula is C12H15FN2O2. The molecule has 0 unspecified atom stereocenters. The third-order valence-corrected chi connectivity index (χ3v) is 3.03. The van der Waals surface area contributed by atoms with Crippen LogP contribution in [0.4, 0.5) is 10.2 Å². The van der Waals surface area contributed by atoms with E-state index < -0.39 is 11.8 Å². The molecule has 0 atom stereocenters. The van der Waals surface area contributed by atoms with Gasteiger partial charge in [0.05, 0.1) is 6.20 Å². The summed E-state index contributed by atoms with van der Waals surface area (Å²) in [5.74, 6) is -1.52. The van der Waals surface area contributed by atoms with Crippen molar-refractivity contribution in [3.8, 4) is 0 Å². The monoisotopic (exact) mass is 238 g/mol. The van der Waals surface area contributed by atoms with E-state index in [0.717, 1.165) is 37.9 Å². The normalized spacial score (nSPS) is 16.8. The van der Waals surface area contributed by atoms with Crippen LogP contribution in [0.3, 0.4) is 0 Å². The van der Waals surface area contributed by atoms with Crippen LogP contribution in [0.5, 0.6) is 0 Å². The number of aromatic nitrogens is 1. The summed E-state index contributed by atoms with van der Waals surface area (Å²) in [7, 11) is 0. The molecule has 2 N–H and O–H groups in total. The summed E-state index contributed by atoms with van der Waals surface area (Å²) in [5.41, 5.74) is -0.101. The minimum absolute atomic E-state index is 0.101. The number of nitrogens with one attached hydrogen (secondary N) is 1. The summed E-state index contributed by atoms with van der Waals surface area (Å²) in [6.45, 7) is 0. The van der Waals surface area contributed by atoms with Crippen LogP contribution < -0.4 is 5.32 Å². The van der Waals surface area contributed by atoms with E-state index in [4.69, 9.17) is 5.11 Å². The molecule has 0 aliphatic heterocycles. The smallest absolute Gasteiger partial charge is 0.339 e. The first-order valence-corrected chi connectivity index (χ1v) is 5.82. The maximum Gasteiger partial charge on any atom is 0.339 e. The molecule has 1 aliphatic rings. The maximum atomic E-state index is 12.9. The topological polar surface area (TPSA) is 62.2 Å². The lowest BCUT2D eigenvalue weighted by Crippen LogP contribution is -2.24. The number of carboxylic acid groups (broad SMARTS) is 1. The highest BCUT2D eigenvalue weighted by atomic mass is 19.1.